The number of anilines is 1. The van der Waals surface area contributed by atoms with E-state index in [-0.39, 0.29) is 17.6 Å². The van der Waals surface area contributed by atoms with Crippen LogP contribution in [0.5, 0.6) is 0 Å². The molecule has 1 aromatic rings. The Hall–Kier alpha value is -2.11. The summed E-state index contributed by atoms with van der Waals surface area (Å²) in [4.78, 5) is 22.6. The highest BCUT2D eigenvalue weighted by Gasteiger charge is 2.17. The molecule has 6 heteroatoms. The summed E-state index contributed by atoms with van der Waals surface area (Å²) >= 11 is 0. The summed E-state index contributed by atoms with van der Waals surface area (Å²) in [5.41, 5.74) is 0.713. The van der Waals surface area contributed by atoms with Gasteiger partial charge in [-0.05, 0) is 31.4 Å². The molecular formula is C15H23N3O3. The lowest BCUT2D eigenvalue weighted by molar-refractivity contribution is -0.383. The molecule has 0 saturated heterocycles. The van der Waals surface area contributed by atoms with Crippen LogP contribution in [0.25, 0.3) is 0 Å². The molecule has 0 spiro atoms. The van der Waals surface area contributed by atoms with Gasteiger partial charge in [0.15, 0.2) is 0 Å². The van der Waals surface area contributed by atoms with Crippen LogP contribution in [0.15, 0.2) is 18.2 Å². The zero-order valence-corrected chi connectivity index (χ0v) is 13.0. The smallest absolute Gasteiger partial charge is 0.292 e. The number of nitro groups is 1. The Kier molecular flexibility index (Phi) is 6.14. The molecule has 0 radical (unpaired) electrons. The van der Waals surface area contributed by atoms with Gasteiger partial charge in [-0.25, -0.2) is 0 Å². The number of hydrogen-bond acceptors (Lipinski definition) is 4. The maximum absolute atomic E-state index is 12.2. The highest BCUT2D eigenvalue weighted by Crippen LogP contribution is 2.25. The van der Waals surface area contributed by atoms with Crippen molar-refractivity contribution < 1.29 is 9.72 Å². The fourth-order valence-electron chi connectivity index (χ4n) is 2.17. The number of rotatable bonds is 7. The molecule has 0 saturated carbocycles. The van der Waals surface area contributed by atoms with E-state index in [0.29, 0.717) is 17.2 Å². The van der Waals surface area contributed by atoms with Crippen LogP contribution in [0.4, 0.5) is 11.4 Å². The van der Waals surface area contributed by atoms with Gasteiger partial charge in [0.25, 0.3) is 11.6 Å². The van der Waals surface area contributed by atoms with Gasteiger partial charge in [0.05, 0.1) is 4.92 Å². The standard InChI is InChI=1S/C15H23N3O3/c1-5-10(2)8-11(3)17-15(19)12-6-7-14(18(20)21)13(9-12)16-4/h6-7,9-11,16H,5,8H2,1-4H3,(H,17,19). The number of amides is 1. The Morgan fingerprint density at radius 3 is 2.57 bits per heavy atom. The normalized spacial score (nSPS) is 13.3. The summed E-state index contributed by atoms with van der Waals surface area (Å²) in [7, 11) is 1.59. The van der Waals surface area contributed by atoms with Crippen molar-refractivity contribution in [3.8, 4) is 0 Å². The third-order valence-corrected chi connectivity index (χ3v) is 3.56. The Morgan fingerprint density at radius 1 is 1.38 bits per heavy atom. The molecule has 6 nitrogen and oxygen atoms in total. The minimum Gasteiger partial charge on any atom is -0.383 e. The van der Waals surface area contributed by atoms with E-state index in [0.717, 1.165) is 12.8 Å². The fraction of sp³-hybridized carbons (Fsp3) is 0.533. The molecular weight excluding hydrogens is 270 g/mol. The largest absolute Gasteiger partial charge is 0.383 e. The van der Waals surface area contributed by atoms with Crippen molar-refractivity contribution >= 4 is 17.3 Å². The van der Waals surface area contributed by atoms with Gasteiger partial charge >= 0.3 is 0 Å². The molecule has 21 heavy (non-hydrogen) atoms. The maximum Gasteiger partial charge on any atom is 0.292 e. The van der Waals surface area contributed by atoms with E-state index in [2.05, 4.69) is 24.5 Å². The topological polar surface area (TPSA) is 84.3 Å². The first-order valence-electron chi connectivity index (χ1n) is 7.16. The molecule has 0 aromatic heterocycles. The van der Waals surface area contributed by atoms with Crippen LogP contribution >= 0.6 is 0 Å². The molecule has 0 heterocycles. The number of nitro benzene ring substituents is 1. The first-order valence-corrected chi connectivity index (χ1v) is 7.16. The number of benzene rings is 1. The number of carbonyl (C=O) groups excluding carboxylic acids is 1. The summed E-state index contributed by atoms with van der Waals surface area (Å²) in [6, 6.07) is 4.40. The van der Waals surface area contributed by atoms with Gasteiger partial charge in [-0.1, -0.05) is 20.3 Å². The molecule has 2 N–H and O–H groups in total. The summed E-state index contributed by atoms with van der Waals surface area (Å²) in [6.07, 6.45) is 1.98. The maximum atomic E-state index is 12.2. The third-order valence-electron chi connectivity index (χ3n) is 3.56. The van der Waals surface area contributed by atoms with Crippen LogP contribution in [0.3, 0.4) is 0 Å². The van der Waals surface area contributed by atoms with Crippen LogP contribution in [0, 0.1) is 16.0 Å². The molecule has 0 bridgehead atoms. The Morgan fingerprint density at radius 2 is 2.05 bits per heavy atom. The van der Waals surface area contributed by atoms with Crippen molar-refractivity contribution in [2.75, 3.05) is 12.4 Å². The molecule has 116 valence electrons. The summed E-state index contributed by atoms with van der Waals surface area (Å²) in [6.45, 7) is 6.23. The SMILES string of the molecule is CCC(C)CC(C)NC(=O)c1ccc([N+](=O)[O-])c(NC)c1. The van der Waals surface area contributed by atoms with Crippen LogP contribution < -0.4 is 10.6 Å². The van der Waals surface area contributed by atoms with Gasteiger partial charge < -0.3 is 10.6 Å². The molecule has 2 unspecified atom stereocenters. The molecule has 0 aliphatic carbocycles. The second-order valence-electron chi connectivity index (χ2n) is 5.36. The van der Waals surface area contributed by atoms with Gasteiger partial charge in [-0.3, -0.25) is 14.9 Å². The lowest BCUT2D eigenvalue weighted by Crippen LogP contribution is -2.33. The van der Waals surface area contributed by atoms with E-state index in [1.165, 1.54) is 18.2 Å². The Labute approximate surface area is 125 Å². The molecule has 0 fully saturated rings. The van der Waals surface area contributed by atoms with Crippen molar-refractivity contribution in [1.82, 2.24) is 5.32 Å². The lowest BCUT2D eigenvalue weighted by Gasteiger charge is -2.17. The second kappa shape index (κ2) is 7.61. The minimum atomic E-state index is -0.473. The zero-order valence-electron chi connectivity index (χ0n) is 13.0. The quantitative estimate of drug-likeness (QED) is 0.597. The van der Waals surface area contributed by atoms with E-state index in [4.69, 9.17) is 0 Å². The van der Waals surface area contributed by atoms with Crippen LogP contribution in [0.1, 0.15) is 44.0 Å². The van der Waals surface area contributed by atoms with Crippen LogP contribution in [0.2, 0.25) is 0 Å². The number of nitrogens with one attached hydrogen (secondary N) is 2. The van der Waals surface area contributed by atoms with E-state index in [1.54, 1.807) is 7.05 Å². The summed E-state index contributed by atoms with van der Waals surface area (Å²) in [5.74, 6) is 0.335. The highest BCUT2D eigenvalue weighted by atomic mass is 16.6. The Balaban J connectivity index is 2.81. The van der Waals surface area contributed by atoms with Crippen molar-refractivity contribution in [3.05, 3.63) is 33.9 Å². The predicted octanol–water partition coefficient (Wildman–Crippen LogP) is 3.19. The first-order chi connectivity index (χ1) is 9.88. The van der Waals surface area contributed by atoms with E-state index < -0.39 is 4.92 Å². The average Bonchev–Trinajstić information content (AvgIpc) is 2.45. The zero-order chi connectivity index (χ0) is 16.0. The molecule has 0 aliphatic heterocycles. The molecule has 1 rings (SSSR count). The minimum absolute atomic E-state index is 0.0401. The van der Waals surface area contributed by atoms with Crippen molar-refractivity contribution in [3.63, 3.8) is 0 Å². The highest BCUT2D eigenvalue weighted by molar-refractivity contribution is 5.96. The van der Waals surface area contributed by atoms with Crippen molar-refractivity contribution in [1.29, 1.82) is 0 Å². The van der Waals surface area contributed by atoms with Gasteiger partial charge in [0.1, 0.15) is 5.69 Å². The summed E-state index contributed by atoms with van der Waals surface area (Å²) in [5, 5.41) is 16.5. The average molecular weight is 293 g/mol. The number of carbonyl (C=O) groups is 1. The molecule has 2 atom stereocenters. The van der Waals surface area contributed by atoms with Gasteiger partial charge in [-0.2, -0.15) is 0 Å². The summed E-state index contributed by atoms with van der Waals surface area (Å²) < 4.78 is 0. The Bertz CT molecular complexity index is 517. The van der Waals surface area contributed by atoms with Crippen molar-refractivity contribution in [2.45, 2.75) is 39.7 Å². The third kappa shape index (κ3) is 4.73. The van der Waals surface area contributed by atoms with E-state index in [1.807, 2.05) is 6.92 Å². The van der Waals surface area contributed by atoms with Crippen LogP contribution in [-0.4, -0.2) is 23.9 Å². The van der Waals surface area contributed by atoms with Gasteiger partial charge in [-0.15, -0.1) is 0 Å². The van der Waals surface area contributed by atoms with Crippen LogP contribution in [-0.2, 0) is 0 Å². The lowest BCUT2D eigenvalue weighted by atomic mass is 10.00. The van der Waals surface area contributed by atoms with E-state index in [9.17, 15) is 14.9 Å². The number of nitrogens with zero attached hydrogens (tertiary/aromatic N) is 1. The molecule has 0 aliphatic rings. The predicted molar refractivity (Wildman–Crippen MR) is 83.6 cm³/mol. The first kappa shape index (κ1) is 16.9. The monoisotopic (exact) mass is 293 g/mol. The number of hydrogen-bond donors (Lipinski definition) is 2. The van der Waals surface area contributed by atoms with Gasteiger partial charge in [0, 0.05) is 24.7 Å². The second-order valence-corrected chi connectivity index (χ2v) is 5.36. The molecule has 1 amide bonds. The van der Waals surface area contributed by atoms with Crippen molar-refractivity contribution in [2.24, 2.45) is 5.92 Å². The fourth-order valence-corrected chi connectivity index (χ4v) is 2.17. The van der Waals surface area contributed by atoms with Gasteiger partial charge in [0.2, 0.25) is 0 Å². The van der Waals surface area contributed by atoms with E-state index >= 15 is 0 Å². The molecule has 1 aromatic carbocycles.